The summed E-state index contributed by atoms with van der Waals surface area (Å²) in [4.78, 5) is 14.5. The van der Waals surface area contributed by atoms with Gasteiger partial charge in [0.25, 0.3) is 0 Å². The van der Waals surface area contributed by atoms with Crippen LogP contribution in [0.25, 0.3) is 0 Å². The van der Waals surface area contributed by atoms with Gasteiger partial charge in [0.2, 0.25) is 5.91 Å². The molecule has 0 aromatic heterocycles. The second-order valence-electron chi connectivity index (χ2n) is 8.02. The average molecular weight is 237 g/mol. The molecule has 2 aliphatic rings. The Hall–Kier alpha value is -0.530. The molecule has 0 bridgehead atoms. The molecule has 0 radical (unpaired) electrons. The fourth-order valence-corrected chi connectivity index (χ4v) is 3.47. The zero-order chi connectivity index (χ0) is 13.0. The van der Waals surface area contributed by atoms with Gasteiger partial charge in [0, 0.05) is 18.0 Å². The first-order chi connectivity index (χ1) is 7.60. The van der Waals surface area contributed by atoms with Crippen LogP contribution < -0.4 is 0 Å². The molecule has 1 aliphatic carbocycles. The SMILES string of the molecule is CC(C)(C)C1CC2CN(C(C)(C)C)C(=O)C2C1. The monoisotopic (exact) mass is 237 g/mol. The summed E-state index contributed by atoms with van der Waals surface area (Å²) in [6.45, 7) is 14.4. The molecule has 2 heteroatoms. The molecule has 3 atom stereocenters. The number of fused-ring (bicyclic) bond motifs is 1. The number of amides is 1. The van der Waals surface area contributed by atoms with E-state index < -0.39 is 0 Å². The van der Waals surface area contributed by atoms with Crippen molar-refractivity contribution in [3.63, 3.8) is 0 Å². The van der Waals surface area contributed by atoms with Gasteiger partial charge in [-0.3, -0.25) is 4.79 Å². The molecule has 0 N–H and O–H groups in total. The predicted molar refractivity (Wildman–Crippen MR) is 70.6 cm³/mol. The van der Waals surface area contributed by atoms with Crippen LogP contribution in [0, 0.1) is 23.2 Å². The molecule has 1 aliphatic heterocycles. The van der Waals surface area contributed by atoms with Crippen LogP contribution in [0.2, 0.25) is 0 Å². The number of hydrogen-bond donors (Lipinski definition) is 0. The van der Waals surface area contributed by atoms with Crippen molar-refractivity contribution in [3.8, 4) is 0 Å². The average Bonchev–Trinajstić information content (AvgIpc) is 2.63. The van der Waals surface area contributed by atoms with Gasteiger partial charge in [-0.05, 0) is 50.9 Å². The number of rotatable bonds is 0. The fraction of sp³-hybridized carbons (Fsp3) is 0.933. The summed E-state index contributed by atoms with van der Waals surface area (Å²) in [6, 6.07) is 0. The molecule has 1 saturated heterocycles. The molecular formula is C15H27NO. The topological polar surface area (TPSA) is 20.3 Å². The van der Waals surface area contributed by atoms with Gasteiger partial charge in [-0.1, -0.05) is 20.8 Å². The summed E-state index contributed by atoms with van der Waals surface area (Å²) in [7, 11) is 0. The lowest BCUT2D eigenvalue weighted by Gasteiger charge is -2.34. The quantitative estimate of drug-likeness (QED) is 0.633. The summed E-state index contributed by atoms with van der Waals surface area (Å²) >= 11 is 0. The van der Waals surface area contributed by atoms with E-state index in [0.717, 1.165) is 18.9 Å². The van der Waals surface area contributed by atoms with Gasteiger partial charge in [-0.15, -0.1) is 0 Å². The van der Waals surface area contributed by atoms with Crippen molar-refractivity contribution < 1.29 is 4.79 Å². The van der Waals surface area contributed by atoms with E-state index in [4.69, 9.17) is 0 Å². The highest BCUT2D eigenvalue weighted by Gasteiger charge is 2.51. The van der Waals surface area contributed by atoms with Crippen LogP contribution in [-0.2, 0) is 4.79 Å². The Balaban J connectivity index is 2.09. The lowest BCUT2D eigenvalue weighted by Crippen LogP contribution is -2.43. The Labute approximate surface area is 106 Å². The summed E-state index contributed by atoms with van der Waals surface area (Å²) in [6.07, 6.45) is 2.35. The van der Waals surface area contributed by atoms with Crippen LogP contribution in [-0.4, -0.2) is 22.9 Å². The fourth-order valence-electron chi connectivity index (χ4n) is 3.47. The number of carbonyl (C=O) groups is 1. The third kappa shape index (κ3) is 2.23. The van der Waals surface area contributed by atoms with Crippen molar-refractivity contribution in [2.45, 2.75) is 59.9 Å². The molecule has 2 fully saturated rings. The van der Waals surface area contributed by atoms with Crippen molar-refractivity contribution >= 4 is 5.91 Å². The predicted octanol–water partition coefficient (Wildman–Crippen LogP) is 3.32. The van der Waals surface area contributed by atoms with Crippen LogP contribution in [0.5, 0.6) is 0 Å². The largest absolute Gasteiger partial charge is 0.337 e. The van der Waals surface area contributed by atoms with E-state index in [1.807, 2.05) is 0 Å². The smallest absolute Gasteiger partial charge is 0.226 e. The molecule has 0 aromatic carbocycles. The number of hydrogen-bond acceptors (Lipinski definition) is 1. The maximum absolute atomic E-state index is 12.4. The minimum absolute atomic E-state index is 0.00134. The Morgan fingerprint density at radius 1 is 1.06 bits per heavy atom. The van der Waals surface area contributed by atoms with Gasteiger partial charge in [0.1, 0.15) is 0 Å². The van der Waals surface area contributed by atoms with E-state index in [1.54, 1.807) is 0 Å². The number of likely N-dealkylation sites (tertiary alicyclic amines) is 1. The lowest BCUT2D eigenvalue weighted by atomic mass is 9.79. The molecule has 1 amide bonds. The van der Waals surface area contributed by atoms with Crippen molar-refractivity contribution in [2.24, 2.45) is 23.2 Å². The van der Waals surface area contributed by atoms with Crippen LogP contribution in [0.3, 0.4) is 0 Å². The van der Waals surface area contributed by atoms with E-state index >= 15 is 0 Å². The minimum Gasteiger partial charge on any atom is -0.337 e. The molecular weight excluding hydrogens is 210 g/mol. The molecule has 3 unspecified atom stereocenters. The van der Waals surface area contributed by atoms with E-state index in [9.17, 15) is 4.79 Å². The molecule has 17 heavy (non-hydrogen) atoms. The minimum atomic E-state index is -0.00134. The molecule has 2 rings (SSSR count). The summed E-state index contributed by atoms with van der Waals surface area (Å²) in [5.41, 5.74) is 0.357. The van der Waals surface area contributed by atoms with Gasteiger partial charge >= 0.3 is 0 Å². The highest BCUT2D eigenvalue weighted by atomic mass is 16.2. The summed E-state index contributed by atoms with van der Waals surface area (Å²) < 4.78 is 0. The van der Waals surface area contributed by atoms with Gasteiger partial charge in [0.05, 0.1) is 0 Å². The van der Waals surface area contributed by atoms with E-state index in [2.05, 4.69) is 46.4 Å². The Morgan fingerprint density at radius 3 is 2.06 bits per heavy atom. The third-order valence-corrected chi connectivity index (χ3v) is 4.73. The summed E-state index contributed by atoms with van der Waals surface area (Å²) in [5, 5.41) is 0. The highest BCUT2D eigenvalue weighted by Crippen LogP contribution is 2.49. The second-order valence-corrected chi connectivity index (χ2v) is 8.02. The molecule has 1 heterocycles. The standard InChI is InChI=1S/C15H27NO/c1-14(2,3)11-7-10-9-16(15(4,5)6)13(17)12(10)8-11/h10-12H,7-9H2,1-6H3. The summed E-state index contributed by atoms with van der Waals surface area (Å²) in [5.74, 6) is 2.07. The van der Waals surface area contributed by atoms with Gasteiger partial charge in [-0.25, -0.2) is 0 Å². The zero-order valence-corrected chi connectivity index (χ0v) is 12.2. The zero-order valence-electron chi connectivity index (χ0n) is 12.2. The van der Waals surface area contributed by atoms with E-state index in [1.165, 1.54) is 6.42 Å². The third-order valence-electron chi connectivity index (χ3n) is 4.73. The maximum Gasteiger partial charge on any atom is 0.226 e. The first kappa shape index (κ1) is 12.9. The Morgan fingerprint density at radius 2 is 1.65 bits per heavy atom. The molecule has 98 valence electrons. The van der Waals surface area contributed by atoms with Crippen LogP contribution in [0.15, 0.2) is 0 Å². The van der Waals surface area contributed by atoms with Gasteiger partial charge < -0.3 is 4.90 Å². The number of nitrogens with zero attached hydrogens (tertiary/aromatic N) is 1. The number of carbonyl (C=O) groups excluding carboxylic acids is 1. The highest BCUT2D eigenvalue weighted by molar-refractivity contribution is 5.82. The van der Waals surface area contributed by atoms with Crippen LogP contribution in [0.4, 0.5) is 0 Å². The maximum atomic E-state index is 12.4. The van der Waals surface area contributed by atoms with Crippen LogP contribution >= 0.6 is 0 Å². The molecule has 0 aromatic rings. The lowest BCUT2D eigenvalue weighted by molar-refractivity contribution is -0.135. The first-order valence-electron chi connectivity index (χ1n) is 6.92. The van der Waals surface area contributed by atoms with Crippen molar-refractivity contribution in [1.82, 2.24) is 4.90 Å². The van der Waals surface area contributed by atoms with Gasteiger partial charge in [0.15, 0.2) is 0 Å². The molecule has 1 saturated carbocycles. The Kier molecular flexibility index (Phi) is 2.83. The molecule has 2 nitrogen and oxygen atoms in total. The second kappa shape index (κ2) is 3.73. The van der Waals surface area contributed by atoms with Crippen molar-refractivity contribution in [2.75, 3.05) is 6.54 Å². The van der Waals surface area contributed by atoms with Crippen molar-refractivity contribution in [3.05, 3.63) is 0 Å². The van der Waals surface area contributed by atoms with Crippen molar-refractivity contribution in [1.29, 1.82) is 0 Å². The van der Waals surface area contributed by atoms with Gasteiger partial charge in [-0.2, -0.15) is 0 Å². The molecule has 0 spiro atoms. The van der Waals surface area contributed by atoms with E-state index in [-0.39, 0.29) is 5.54 Å². The van der Waals surface area contributed by atoms with E-state index in [0.29, 0.717) is 23.2 Å². The van der Waals surface area contributed by atoms with Crippen LogP contribution in [0.1, 0.15) is 54.4 Å². The normalized spacial score (nSPS) is 34.4. The first-order valence-corrected chi connectivity index (χ1v) is 6.92. The Bertz CT molecular complexity index is 321.